The summed E-state index contributed by atoms with van der Waals surface area (Å²) < 4.78 is 10.0. The highest BCUT2D eigenvalue weighted by Crippen LogP contribution is 2.06. The Kier molecular flexibility index (Phi) is 7.30. The van der Waals surface area contributed by atoms with Gasteiger partial charge in [0.25, 0.3) is 0 Å². The van der Waals surface area contributed by atoms with Crippen LogP contribution in [0.25, 0.3) is 0 Å². The highest BCUT2D eigenvalue weighted by molar-refractivity contribution is 5.79. The Balaban J connectivity index is 2.14. The zero-order chi connectivity index (χ0) is 17.3. The van der Waals surface area contributed by atoms with E-state index in [1.165, 1.54) is 0 Å². The van der Waals surface area contributed by atoms with Crippen molar-refractivity contribution in [2.45, 2.75) is 46.3 Å². The molecule has 23 heavy (non-hydrogen) atoms. The van der Waals surface area contributed by atoms with E-state index in [-0.39, 0.29) is 0 Å². The lowest BCUT2D eigenvalue weighted by Crippen LogP contribution is -2.39. The van der Waals surface area contributed by atoms with E-state index in [2.05, 4.69) is 31.1 Å². The number of carbonyl (C=O) groups excluding carboxylic acids is 1. The van der Waals surface area contributed by atoms with Crippen molar-refractivity contribution in [2.75, 3.05) is 20.1 Å². The highest BCUT2D eigenvalue weighted by Gasteiger charge is 2.15. The van der Waals surface area contributed by atoms with Gasteiger partial charge in [0.15, 0.2) is 11.8 Å². The minimum Gasteiger partial charge on any atom is -0.444 e. The molecule has 0 aliphatic rings. The third-order valence-electron chi connectivity index (χ3n) is 2.52. The molecule has 1 rings (SSSR count). The Morgan fingerprint density at radius 2 is 1.96 bits per heavy atom. The number of aromatic nitrogens is 2. The fraction of sp³-hybridized carbons (Fsp3) is 0.714. The number of aliphatic imine (C=N–C) groups is 1. The SMILES string of the molecule is CN=C(NCCCNC(=O)OC(C)(C)C)NCc1noc(C)n1. The Morgan fingerprint density at radius 1 is 1.26 bits per heavy atom. The van der Waals surface area contributed by atoms with Crippen LogP contribution in [0.15, 0.2) is 9.52 Å². The van der Waals surface area contributed by atoms with Gasteiger partial charge in [-0.3, -0.25) is 4.99 Å². The Hall–Kier alpha value is -2.32. The van der Waals surface area contributed by atoms with E-state index >= 15 is 0 Å². The van der Waals surface area contributed by atoms with Crippen LogP contribution in [0.3, 0.4) is 0 Å². The van der Waals surface area contributed by atoms with Crippen LogP contribution < -0.4 is 16.0 Å². The summed E-state index contributed by atoms with van der Waals surface area (Å²) >= 11 is 0. The predicted molar refractivity (Wildman–Crippen MR) is 86.1 cm³/mol. The van der Waals surface area contributed by atoms with Gasteiger partial charge in [-0.05, 0) is 27.2 Å². The molecule has 1 aromatic rings. The highest BCUT2D eigenvalue weighted by atomic mass is 16.6. The molecule has 0 saturated carbocycles. The van der Waals surface area contributed by atoms with Gasteiger partial charge >= 0.3 is 6.09 Å². The van der Waals surface area contributed by atoms with Crippen LogP contribution in [0.5, 0.6) is 0 Å². The average molecular weight is 326 g/mol. The first-order valence-electron chi connectivity index (χ1n) is 7.50. The molecule has 1 heterocycles. The molecule has 0 atom stereocenters. The summed E-state index contributed by atoms with van der Waals surface area (Å²) in [6.45, 7) is 8.82. The van der Waals surface area contributed by atoms with Crippen molar-refractivity contribution < 1.29 is 14.1 Å². The number of alkyl carbamates (subject to hydrolysis) is 1. The van der Waals surface area contributed by atoms with Gasteiger partial charge in [0, 0.05) is 27.1 Å². The van der Waals surface area contributed by atoms with E-state index in [0.29, 0.717) is 37.3 Å². The third-order valence-corrected chi connectivity index (χ3v) is 2.52. The molecule has 0 aliphatic carbocycles. The fourth-order valence-electron chi connectivity index (χ4n) is 1.60. The lowest BCUT2D eigenvalue weighted by Gasteiger charge is -2.19. The smallest absolute Gasteiger partial charge is 0.407 e. The number of carbonyl (C=O) groups is 1. The van der Waals surface area contributed by atoms with E-state index in [0.717, 1.165) is 6.42 Å². The maximum atomic E-state index is 11.5. The lowest BCUT2D eigenvalue weighted by molar-refractivity contribution is 0.0527. The van der Waals surface area contributed by atoms with Crippen molar-refractivity contribution >= 4 is 12.1 Å². The summed E-state index contributed by atoms with van der Waals surface area (Å²) in [4.78, 5) is 19.6. The average Bonchev–Trinajstić information content (AvgIpc) is 2.85. The summed E-state index contributed by atoms with van der Waals surface area (Å²) in [6, 6.07) is 0. The molecule has 0 aromatic carbocycles. The first kappa shape index (κ1) is 18.7. The van der Waals surface area contributed by atoms with Crippen molar-refractivity contribution in [1.29, 1.82) is 0 Å². The topological polar surface area (TPSA) is 114 Å². The molecule has 1 aromatic heterocycles. The number of amides is 1. The maximum absolute atomic E-state index is 11.5. The minimum absolute atomic E-state index is 0.410. The van der Waals surface area contributed by atoms with Crippen LogP contribution in [0.2, 0.25) is 0 Å². The molecule has 9 heteroatoms. The molecule has 0 radical (unpaired) electrons. The number of hydrogen-bond donors (Lipinski definition) is 3. The van der Waals surface area contributed by atoms with Crippen molar-refractivity contribution in [3.8, 4) is 0 Å². The summed E-state index contributed by atoms with van der Waals surface area (Å²) in [7, 11) is 1.68. The van der Waals surface area contributed by atoms with Gasteiger partial charge in [0.1, 0.15) is 5.60 Å². The van der Waals surface area contributed by atoms with E-state index in [4.69, 9.17) is 9.26 Å². The molecule has 0 unspecified atom stereocenters. The van der Waals surface area contributed by atoms with Crippen molar-refractivity contribution in [2.24, 2.45) is 4.99 Å². The molecule has 130 valence electrons. The number of nitrogens with one attached hydrogen (secondary N) is 3. The summed E-state index contributed by atoms with van der Waals surface area (Å²) in [6.07, 6.45) is 0.328. The summed E-state index contributed by atoms with van der Waals surface area (Å²) in [5.74, 6) is 1.72. The molecule has 0 spiro atoms. The normalized spacial score (nSPS) is 12.0. The van der Waals surface area contributed by atoms with Crippen molar-refractivity contribution in [1.82, 2.24) is 26.1 Å². The van der Waals surface area contributed by atoms with Gasteiger partial charge in [-0.1, -0.05) is 5.16 Å². The number of hydrogen-bond acceptors (Lipinski definition) is 6. The largest absolute Gasteiger partial charge is 0.444 e. The molecule has 0 bridgehead atoms. The van der Waals surface area contributed by atoms with Crippen LogP contribution >= 0.6 is 0 Å². The van der Waals surface area contributed by atoms with Gasteiger partial charge in [-0.15, -0.1) is 0 Å². The van der Waals surface area contributed by atoms with Gasteiger partial charge in [0.2, 0.25) is 5.89 Å². The van der Waals surface area contributed by atoms with Crippen molar-refractivity contribution in [3.05, 3.63) is 11.7 Å². The Labute approximate surface area is 136 Å². The predicted octanol–water partition coefficient (Wildman–Crippen LogP) is 0.958. The molecule has 0 aliphatic heterocycles. The molecule has 0 fully saturated rings. The zero-order valence-corrected chi connectivity index (χ0v) is 14.4. The quantitative estimate of drug-likeness (QED) is 0.405. The molecule has 3 N–H and O–H groups in total. The fourth-order valence-corrected chi connectivity index (χ4v) is 1.60. The van der Waals surface area contributed by atoms with E-state index in [1.54, 1.807) is 14.0 Å². The number of ether oxygens (including phenoxy) is 1. The van der Waals surface area contributed by atoms with E-state index < -0.39 is 11.7 Å². The first-order chi connectivity index (χ1) is 10.8. The van der Waals surface area contributed by atoms with Crippen LogP contribution in [0.4, 0.5) is 4.79 Å². The first-order valence-corrected chi connectivity index (χ1v) is 7.50. The molecule has 1 amide bonds. The number of guanidine groups is 1. The second kappa shape index (κ2) is 8.96. The zero-order valence-electron chi connectivity index (χ0n) is 14.4. The maximum Gasteiger partial charge on any atom is 0.407 e. The second-order valence-corrected chi connectivity index (χ2v) is 5.86. The molecule has 9 nitrogen and oxygen atoms in total. The monoisotopic (exact) mass is 326 g/mol. The molecule has 0 saturated heterocycles. The third kappa shape index (κ3) is 8.64. The second-order valence-electron chi connectivity index (χ2n) is 5.86. The Morgan fingerprint density at radius 3 is 2.52 bits per heavy atom. The summed E-state index contributed by atoms with van der Waals surface area (Å²) in [5.41, 5.74) is -0.484. The van der Waals surface area contributed by atoms with Gasteiger partial charge in [-0.25, -0.2) is 4.79 Å². The molecular weight excluding hydrogens is 300 g/mol. The van der Waals surface area contributed by atoms with Gasteiger partial charge in [0.05, 0.1) is 6.54 Å². The summed E-state index contributed by atoms with van der Waals surface area (Å²) in [5, 5.41) is 12.7. The standard InChI is InChI=1S/C14H26N6O3/c1-10-19-11(20-23-10)9-18-12(15-5)16-7-6-8-17-13(21)22-14(2,3)4/h6-9H2,1-5H3,(H,17,21)(H2,15,16,18). The van der Waals surface area contributed by atoms with Crippen LogP contribution in [-0.2, 0) is 11.3 Å². The van der Waals surface area contributed by atoms with Crippen LogP contribution in [0, 0.1) is 6.92 Å². The molecular formula is C14H26N6O3. The van der Waals surface area contributed by atoms with E-state index in [9.17, 15) is 4.79 Å². The van der Waals surface area contributed by atoms with Gasteiger partial charge in [-0.2, -0.15) is 4.98 Å². The number of nitrogens with zero attached hydrogens (tertiary/aromatic N) is 3. The van der Waals surface area contributed by atoms with Crippen LogP contribution in [0.1, 0.15) is 38.9 Å². The van der Waals surface area contributed by atoms with Gasteiger partial charge < -0.3 is 25.2 Å². The Bertz CT molecular complexity index is 521. The minimum atomic E-state index is -0.484. The lowest BCUT2D eigenvalue weighted by atomic mass is 10.2. The van der Waals surface area contributed by atoms with Crippen molar-refractivity contribution in [3.63, 3.8) is 0 Å². The van der Waals surface area contributed by atoms with E-state index in [1.807, 2.05) is 20.8 Å². The van der Waals surface area contributed by atoms with Crippen LogP contribution in [-0.4, -0.2) is 47.9 Å². The number of aryl methyl sites for hydroxylation is 1. The number of rotatable bonds is 6.